The number of carbonyl (C=O) groups is 1. The molecule has 0 saturated heterocycles. The van der Waals surface area contributed by atoms with E-state index in [2.05, 4.69) is 10.0 Å². The first-order valence-electron chi connectivity index (χ1n) is 11.6. The molecular weight excluding hydrogens is 577 g/mol. The van der Waals surface area contributed by atoms with Crippen LogP contribution < -0.4 is 14.8 Å². The molecule has 0 saturated carbocycles. The Labute approximate surface area is 229 Å². The largest absolute Gasteiger partial charge is 0.494 e. The van der Waals surface area contributed by atoms with Gasteiger partial charge in [0.25, 0.3) is 0 Å². The molecule has 0 unspecified atom stereocenters. The highest BCUT2D eigenvalue weighted by molar-refractivity contribution is 7.89. The second-order valence-corrected chi connectivity index (χ2v) is 12.2. The van der Waals surface area contributed by atoms with Crippen LogP contribution in [0.1, 0.15) is 17.5 Å². The van der Waals surface area contributed by atoms with Crippen LogP contribution in [0, 0.1) is 0 Å². The van der Waals surface area contributed by atoms with Gasteiger partial charge in [-0.2, -0.15) is 13.5 Å². The first-order chi connectivity index (χ1) is 18.3. The fourth-order valence-electron chi connectivity index (χ4n) is 3.42. The molecule has 0 heterocycles. The van der Waals surface area contributed by atoms with Gasteiger partial charge in [0.15, 0.2) is 0 Å². The number of nitrogens with one attached hydrogen (secondary N) is 2. The lowest BCUT2D eigenvalue weighted by molar-refractivity contribution is -0.122. The summed E-state index contributed by atoms with van der Waals surface area (Å²) in [6.45, 7) is 0.418. The maximum Gasteiger partial charge on any atom is 0.399 e. The molecule has 3 rings (SSSR count). The smallest absolute Gasteiger partial charge is 0.399 e. The topological polar surface area (TPSA) is 142 Å². The minimum atomic E-state index is -5.76. The van der Waals surface area contributed by atoms with E-state index in [4.69, 9.17) is 26.1 Å². The molecule has 3 aromatic rings. The fourth-order valence-corrected chi connectivity index (χ4v) is 5.24. The Morgan fingerprint density at radius 2 is 1.62 bits per heavy atom. The normalized spacial score (nSPS) is 13.1. The number of sulfonamides is 1. The van der Waals surface area contributed by atoms with Gasteiger partial charge in [0.05, 0.1) is 11.5 Å². The highest BCUT2D eigenvalue weighted by Gasteiger charge is 2.50. The Kier molecular flexibility index (Phi) is 10.2. The number of rotatable bonds is 13. The van der Waals surface area contributed by atoms with Gasteiger partial charge in [-0.15, -0.1) is 0 Å². The van der Waals surface area contributed by atoms with Crippen LogP contribution in [-0.2, 0) is 31.5 Å². The van der Waals surface area contributed by atoms with Gasteiger partial charge in [-0.3, -0.25) is 9.36 Å². The summed E-state index contributed by atoms with van der Waals surface area (Å²) in [4.78, 5) is 30.8. The van der Waals surface area contributed by atoms with Crippen LogP contribution in [0.5, 0.6) is 5.75 Å². The zero-order valence-corrected chi connectivity index (χ0v) is 22.8. The van der Waals surface area contributed by atoms with Crippen LogP contribution in [0.25, 0.3) is 0 Å². The number of alkyl halides is 2. The third-order valence-electron chi connectivity index (χ3n) is 5.48. The molecular formula is C25H26ClF2N2O7PS. The molecule has 210 valence electrons. The van der Waals surface area contributed by atoms with Crippen LogP contribution in [0.15, 0.2) is 83.8 Å². The van der Waals surface area contributed by atoms with Gasteiger partial charge in [0.1, 0.15) is 11.8 Å². The summed E-state index contributed by atoms with van der Waals surface area (Å²) in [5.74, 6) is -0.0716. The number of hydrogen-bond acceptors (Lipinski definition) is 5. The quantitative estimate of drug-likeness (QED) is 0.171. The molecule has 39 heavy (non-hydrogen) atoms. The summed E-state index contributed by atoms with van der Waals surface area (Å²) >= 11 is 5.83. The molecule has 0 spiro atoms. The minimum Gasteiger partial charge on any atom is -0.494 e. The molecule has 0 aromatic heterocycles. The molecule has 0 aliphatic carbocycles. The number of hydrogen-bond donors (Lipinski definition) is 4. The summed E-state index contributed by atoms with van der Waals surface area (Å²) < 4.78 is 72.8. The minimum absolute atomic E-state index is 0.0733. The van der Waals surface area contributed by atoms with Crippen molar-refractivity contribution < 1.29 is 41.1 Å². The SMILES string of the molecule is O=C(NCCCOc1ccc(Cl)cc1)[C@H](Cc1ccc(C(F)(F)P(=O)(O)O)cc1)NS(=O)(=O)c1ccccc1. The second kappa shape index (κ2) is 13.0. The third kappa shape index (κ3) is 8.56. The van der Waals surface area contributed by atoms with E-state index in [0.29, 0.717) is 17.2 Å². The number of ether oxygens (including phenoxy) is 1. The highest BCUT2D eigenvalue weighted by atomic mass is 35.5. The maximum absolute atomic E-state index is 14.0. The van der Waals surface area contributed by atoms with Crippen molar-refractivity contribution in [3.05, 3.63) is 95.0 Å². The van der Waals surface area contributed by atoms with Crippen LogP contribution in [0.3, 0.4) is 0 Å². The molecule has 4 N–H and O–H groups in total. The van der Waals surface area contributed by atoms with Crippen molar-refractivity contribution in [1.82, 2.24) is 10.0 Å². The van der Waals surface area contributed by atoms with E-state index in [1.807, 2.05) is 0 Å². The number of halogens is 3. The zero-order valence-electron chi connectivity index (χ0n) is 20.3. The van der Waals surface area contributed by atoms with Gasteiger partial charge in [-0.05, 0) is 54.8 Å². The van der Waals surface area contributed by atoms with Gasteiger partial charge in [-0.1, -0.05) is 54.1 Å². The van der Waals surface area contributed by atoms with E-state index < -0.39 is 40.8 Å². The van der Waals surface area contributed by atoms with Crippen molar-refractivity contribution >= 4 is 35.1 Å². The maximum atomic E-state index is 14.0. The first-order valence-corrected chi connectivity index (χ1v) is 15.0. The standard InChI is InChI=1S/C25H26ClF2N2O7PS/c26-20-11-13-21(14-12-20)37-16-4-15-29-24(31)23(30-39(35,36)22-5-2-1-3-6-22)17-18-7-9-19(10-8-18)25(27,28)38(32,33)34/h1-3,5-14,23,30H,4,15-17H2,(H,29,31)(H2,32,33,34)/t23-/m0/s1. The van der Waals surface area contributed by atoms with Gasteiger partial charge >= 0.3 is 13.3 Å². The molecule has 0 radical (unpaired) electrons. The second-order valence-electron chi connectivity index (χ2n) is 8.42. The molecule has 14 heteroatoms. The molecule has 1 atom stereocenters. The fraction of sp³-hybridized carbons (Fsp3) is 0.240. The number of amides is 1. The van der Waals surface area contributed by atoms with Crippen LogP contribution in [-0.4, -0.2) is 43.3 Å². The highest BCUT2D eigenvalue weighted by Crippen LogP contribution is 2.59. The van der Waals surface area contributed by atoms with Crippen molar-refractivity contribution in [3.8, 4) is 5.75 Å². The molecule has 9 nitrogen and oxygen atoms in total. The average Bonchev–Trinajstić information content (AvgIpc) is 2.89. The van der Waals surface area contributed by atoms with Crippen LogP contribution in [0.4, 0.5) is 8.78 Å². The number of carbonyl (C=O) groups excluding carboxylic acids is 1. The summed E-state index contributed by atoms with van der Waals surface area (Å²) in [6, 6.07) is 16.7. The van der Waals surface area contributed by atoms with E-state index in [0.717, 1.165) is 24.3 Å². The summed E-state index contributed by atoms with van der Waals surface area (Å²) in [7, 11) is -9.88. The van der Waals surface area contributed by atoms with Crippen molar-refractivity contribution in [3.63, 3.8) is 0 Å². The van der Waals surface area contributed by atoms with E-state index >= 15 is 0 Å². The number of benzene rings is 3. The van der Waals surface area contributed by atoms with Gasteiger partial charge < -0.3 is 19.8 Å². The molecule has 0 aliphatic rings. The Morgan fingerprint density at radius 3 is 2.21 bits per heavy atom. The van der Waals surface area contributed by atoms with E-state index in [1.165, 1.54) is 24.3 Å². The summed E-state index contributed by atoms with van der Waals surface area (Å²) in [5, 5.41) is 3.20. The van der Waals surface area contributed by atoms with E-state index in [1.54, 1.807) is 30.3 Å². The third-order valence-corrected chi connectivity index (χ3v) is 8.21. The molecule has 3 aromatic carbocycles. The predicted octanol–water partition coefficient (Wildman–Crippen LogP) is 4.04. The Hall–Kier alpha value is -2.86. The molecule has 0 aliphatic heterocycles. The summed E-state index contributed by atoms with van der Waals surface area (Å²) in [5.41, 5.74) is -5.03. The Morgan fingerprint density at radius 1 is 1.00 bits per heavy atom. The lowest BCUT2D eigenvalue weighted by Gasteiger charge is -2.20. The monoisotopic (exact) mass is 602 g/mol. The van der Waals surface area contributed by atoms with Gasteiger partial charge in [-0.25, -0.2) is 8.42 Å². The van der Waals surface area contributed by atoms with Gasteiger partial charge in [0.2, 0.25) is 15.9 Å². The van der Waals surface area contributed by atoms with Crippen LogP contribution >= 0.6 is 19.2 Å². The lowest BCUT2D eigenvalue weighted by Crippen LogP contribution is -2.48. The molecule has 1 amide bonds. The van der Waals surface area contributed by atoms with E-state index in [9.17, 15) is 26.6 Å². The lowest BCUT2D eigenvalue weighted by atomic mass is 10.0. The molecule has 0 bridgehead atoms. The summed E-state index contributed by atoms with van der Waals surface area (Å²) in [6.07, 6.45) is 0.180. The average molecular weight is 603 g/mol. The predicted molar refractivity (Wildman–Crippen MR) is 141 cm³/mol. The Bertz CT molecular complexity index is 1400. The van der Waals surface area contributed by atoms with Crippen molar-refractivity contribution in [1.29, 1.82) is 0 Å². The molecule has 0 fully saturated rings. The van der Waals surface area contributed by atoms with E-state index in [-0.39, 0.29) is 30.0 Å². The van der Waals surface area contributed by atoms with Crippen LogP contribution in [0.2, 0.25) is 5.02 Å². The van der Waals surface area contributed by atoms with Gasteiger partial charge in [0, 0.05) is 17.1 Å². The first kappa shape index (κ1) is 30.7. The van der Waals surface area contributed by atoms with Crippen molar-refractivity contribution in [2.75, 3.05) is 13.2 Å². The van der Waals surface area contributed by atoms with Crippen molar-refractivity contribution in [2.45, 2.75) is 29.4 Å². The zero-order chi connectivity index (χ0) is 28.7. The van der Waals surface area contributed by atoms with Crippen molar-refractivity contribution in [2.24, 2.45) is 0 Å². The Balaban J connectivity index is 1.69.